The maximum Gasteiger partial charge on any atom is 0.291 e. The molecule has 1 N–H and O–H groups in total. The number of amides is 1. The summed E-state index contributed by atoms with van der Waals surface area (Å²) in [4.78, 5) is 12.4. The highest BCUT2D eigenvalue weighted by Gasteiger charge is 2.16. The van der Waals surface area contributed by atoms with Gasteiger partial charge in [-0.15, -0.1) is 0 Å². The minimum Gasteiger partial charge on any atom is -0.489 e. The number of halogens is 1. The predicted molar refractivity (Wildman–Crippen MR) is 96.6 cm³/mol. The van der Waals surface area contributed by atoms with Crippen molar-refractivity contribution in [3.63, 3.8) is 0 Å². The van der Waals surface area contributed by atoms with Crippen LogP contribution in [0.5, 0.6) is 5.75 Å². The van der Waals surface area contributed by atoms with Crippen molar-refractivity contribution < 1.29 is 13.9 Å². The van der Waals surface area contributed by atoms with Gasteiger partial charge in [0.25, 0.3) is 5.91 Å². The van der Waals surface area contributed by atoms with Crippen molar-refractivity contribution in [2.24, 2.45) is 0 Å². The third-order valence-electron chi connectivity index (χ3n) is 3.17. The van der Waals surface area contributed by atoms with Crippen LogP contribution in [0.25, 0.3) is 0 Å². The van der Waals surface area contributed by atoms with Crippen molar-refractivity contribution in [1.29, 1.82) is 0 Å². The van der Waals surface area contributed by atoms with Crippen LogP contribution in [0.2, 0.25) is 0 Å². The van der Waals surface area contributed by atoms with Gasteiger partial charge in [-0.1, -0.05) is 24.3 Å². The molecule has 0 saturated carbocycles. The average molecular weight is 419 g/mol. The summed E-state index contributed by atoms with van der Waals surface area (Å²) >= 11 is 2.20. The zero-order valence-corrected chi connectivity index (χ0v) is 14.3. The van der Waals surface area contributed by atoms with E-state index in [1.807, 2.05) is 54.6 Å². The highest BCUT2D eigenvalue weighted by atomic mass is 127. The van der Waals surface area contributed by atoms with Gasteiger partial charge in [0, 0.05) is 14.8 Å². The molecule has 23 heavy (non-hydrogen) atoms. The highest BCUT2D eigenvalue weighted by Crippen LogP contribution is 2.18. The number of benzene rings is 2. The highest BCUT2D eigenvalue weighted by molar-refractivity contribution is 14.1. The topological polar surface area (TPSA) is 51.5 Å². The largest absolute Gasteiger partial charge is 0.489 e. The van der Waals surface area contributed by atoms with E-state index in [1.54, 1.807) is 6.07 Å². The van der Waals surface area contributed by atoms with Crippen LogP contribution in [-0.4, -0.2) is 5.91 Å². The fraction of sp³-hybridized carbons (Fsp3) is 0.0556. The molecule has 0 atom stereocenters. The van der Waals surface area contributed by atoms with Gasteiger partial charge in [0.2, 0.25) is 0 Å². The maximum absolute atomic E-state index is 12.4. The van der Waals surface area contributed by atoms with Gasteiger partial charge in [-0.2, -0.15) is 0 Å². The number of ether oxygens (including phenoxy) is 1. The molecule has 0 aliphatic carbocycles. The monoisotopic (exact) mass is 419 g/mol. The lowest BCUT2D eigenvalue weighted by Crippen LogP contribution is -2.13. The number of rotatable bonds is 5. The maximum atomic E-state index is 12.4. The molecule has 116 valence electrons. The molecule has 1 heterocycles. The van der Waals surface area contributed by atoms with Gasteiger partial charge in [-0.05, 0) is 59.0 Å². The first kappa shape index (κ1) is 15.6. The minimum absolute atomic E-state index is 0.264. The van der Waals surface area contributed by atoms with Gasteiger partial charge in [-0.3, -0.25) is 4.79 Å². The summed E-state index contributed by atoms with van der Waals surface area (Å²) in [5, 5.41) is 2.83. The summed E-state index contributed by atoms with van der Waals surface area (Å²) in [5.41, 5.74) is 1.44. The Hall–Kier alpha value is -2.28. The molecule has 0 aliphatic heterocycles. The molecule has 3 rings (SSSR count). The van der Waals surface area contributed by atoms with Crippen LogP contribution >= 0.6 is 22.6 Å². The summed E-state index contributed by atoms with van der Waals surface area (Å²) in [7, 11) is 0. The lowest BCUT2D eigenvalue weighted by atomic mass is 10.2. The van der Waals surface area contributed by atoms with Crippen LogP contribution in [0.4, 0.5) is 5.69 Å². The molecule has 0 unspecified atom stereocenters. The Morgan fingerprint density at radius 2 is 1.91 bits per heavy atom. The number of nitrogens with one attached hydrogen (secondary N) is 1. The fourth-order valence-corrected chi connectivity index (χ4v) is 2.62. The number of carbonyl (C=O) groups excluding carboxylic acids is 1. The van der Waals surface area contributed by atoms with Gasteiger partial charge in [0.05, 0.1) is 6.26 Å². The van der Waals surface area contributed by atoms with Gasteiger partial charge >= 0.3 is 0 Å². The lowest BCUT2D eigenvalue weighted by molar-refractivity contribution is 0.0993. The van der Waals surface area contributed by atoms with Gasteiger partial charge in [0.1, 0.15) is 12.4 Å². The second-order valence-electron chi connectivity index (χ2n) is 4.84. The Kier molecular flexibility index (Phi) is 4.97. The second-order valence-corrected chi connectivity index (χ2v) is 6.09. The quantitative estimate of drug-likeness (QED) is 0.610. The summed E-state index contributed by atoms with van der Waals surface area (Å²) in [6.45, 7) is 0.273. The fourth-order valence-electron chi connectivity index (χ4n) is 2.08. The molecular weight excluding hydrogens is 405 g/mol. The van der Waals surface area contributed by atoms with E-state index in [4.69, 9.17) is 9.15 Å². The molecule has 0 fully saturated rings. The Balaban J connectivity index is 1.69. The summed E-state index contributed by atoms with van der Waals surface area (Å²) in [6.07, 6.45) is 1.49. The molecule has 0 bridgehead atoms. The molecule has 1 aromatic heterocycles. The van der Waals surface area contributed by atoms with Crippen LogP contribution in [0.15, 0.2) is 71.3 Å². The van der Waals surface area contributed by atoms with E-state index in [-0.39, 0.29) is 18.3 Å². The van der Waals surface area contributed by atoms with E-state index in [0.29, 0.717) is 5.56 Å². The first-order chi connectivity index (χ1) is 11.2. The number of hydrogen-bond acceptors (Lipinski definition) is 3. The third kappa shape index (κ3) is 4.13. The summed E-state index contributed by atoms with van der Waals surface area (Å²) in [6, 6.07) is 18.8. The Morgan fingerprint density at radius 1 is 1.09 bits per heavy atom. The number of para-hydroxylation sites is 1. The minimum atomic E-state index is -0.288. The smallest absolute Gasteiger partial charge is 0.291 e. The van der Waals surface area contributed by atoms with E-state index in [0.717, 1.165) is 15.0 Å². The van der Waals surface area contributed by atoms with Gasteiger partial charge < -0.3 is 14.5 Å². The van der Waals surface area contributed by atoms with Crippen molar-refractivity contribution >= 4 is 34.2 Å². The third-order valence-corrected chi connectivity index (χ3v) is 3.84. The first-order valence-corrected chi connectivity index (χ1v) is 8.11. The van der Waals surface area contributed by atoms with Crippen molar-refractivity contribution in [2.45, 2.75) is 6.61 Å². The normalized spacial score (nSPS) is 10.3. The lowest BCUT2D eigenvalue weighted by Gasteiger charge is -2.07. The standard InChI is InChI=1S/C18H14INO3/c19-14-5-4-6-15(11-14)20-18(21)17-13(9-10-22-17)12-23-16-7-2-1-3-8-16/h1-11H,12H2,(H,20,21). The number of anilines is 1. The van der Waals surface area contributed by atoms with E-state index in [2.05, 4.69) is 27.9 Å². The summed E-state index contributed by atoms with van der Waals surface area (Å²) in [5.74, 6) is 0.723. The Morgan fingerprint density at radius 3 is 2.70 bits per heavy atom. The van der Waals surface area contributed by atoms with Crippen LogP contribution < -0.4 is 10.1 Å². The molecule has 4 nitrogen and oxygen atoms in total. The molecule has 0 spiro atoms. The van der Waals surface area contributed by atoms with E-state index >= 15 is 0 Å². The molecule has 0 saturated heterocycles. The molecule has 2 aromatic carbocycles. The molecule has 3 aromatic rings. The van der Waals surface area contributed by atoms with Crippen LogP contribution in [0, 0.1) is 3.57 Å². The van der Waals surface area contributed by atoms with Crippen LogP contribution in [0.3, 0.4) is 0 Å². The molecule has 1 amide bonds. The number of hydrogen-bond donors (Lipinski definition) is 1. The SMILES string of the molecule is O=C(Nc1cccc(I)c1)c1occc1COc1ccccc1. The zero-order valence-electron chi connectivity index (χ0n) is 12.2. The van der Waals surface area contributed by atoms with Crippen LogP contribution in [-0.2, 0) is 6.61 Å². The van der Waals surface area contributed by atoms with Gasteiger partial charge in [-0.25, -0.2) is 0 Å². The second kappa shape index (κ2) is 7.32. The van der Waals surface area contributed by atoms with Crippen LogP contribution in [0.1, 0.15) is 16.1 Å². The number of carbonyl (C=O) groups is 1. The molecule has 5 heteroatoms. The average Bonchev–Trinajstić information content (AvgIpc) is 3.02. The zero-order chi connectivity index (χ0) is 16.1. The first-order valence-electron chi connectivity index (χ1n) is 7.03. The Labute approximate surface area is 147 Å². The van der Waals surface area contributed by atoms with Crippen molar-refractivity contribution in [3.8, 4) is 5.75 Å². The molecular formula is C18H14INO3. The predicted octanol–water partition coefficient (Wildman–Crippen LogP) is 4.72. The van der Waals surface area contributed by atoms with Crippen molar-refractivity contribution in [1.82, 2.24) is 0 Å². The Bertz CT molecular complexity index is 799. The molecule has 0 aliphatic rings. The summed E-state index contributed by atoms with van der Waals surface area (Å²) < 4.78 is 12.0. The van der Waals surface area contributed by atoms with E-state index < -0.39 is 0 Å². The van der Waals surface area contributed by atoms with Crippen molar-refractivity contribution in [2.75, 3.05) is 5.32 Å². The van der Waals surface area contributed by atoms with Gasteiger partial charge in [0.15, 0.2) is 5.76 Å². The van der Waals surface area contributed by atoms with E-state index in [9.17, 15) is 4.79 Å². The van der Waals surface area contributed by atoms with Crippen molar-refractivity contribution in [3.05, 3.63) is 81.8 Å². The molecule has 0 radical (unpaired) electrons. The number of furan rings is 1. The van der Waals surface area contributed by atoms with E-state index in [1.165, 1.54) is 6.26 Å².